The van der Waals surface area contributed by atoms with Crippen LogP contribution in [-0.2, 0) is 20.0 Å². The van der Waals surface area contributed by atoms with Crippen LogP contribution in [0.1, 0.15) is 11.3 Å². The Bertz CT molecular complexity index is 525. The average molecular weight is 312 g/mol. The van der Waals surface area contributed by atoms with Crippen molar-refractivity contribution >= 4 is 15.9 Å². The minimum atomic E-state index is -0.207. The number of aromatic nitrogens is 2. The zero-order valence-electron chi connectivity index (χ0n) is 10.2. The van der Waals surface area contributed by atoms with E-state index in [4.69, 9.17) is 0 Å². The molecule has 2 rings (SSSR count). The summed E-state index contributed by atoms with van der Waals surface area (Å²) in [6.07, 6.45) is 2.70. The number of hydrogen-bond acceptors (Lipinski definition) is 2. The molecule has 0 saturated heterocycles. The standard InChI is InChI=1S/C13H15BrFN3/c1-18-12(5-7-17-18)4-6-16-9-10-8-11(15)2-3-13(10)14/h2-3,5,7-8,16H,4,6,9H2,1H3. The summed E-state index contributed by atoms with van der Waals surface area (Å²) < 4.78 is 15.9. The maximum atomic E-state index is 13.1. The zero-order chi connectivity index (χ0) is 13.0. The van der Waals surface area contributed by atoms with Crippen LogP contribution in [0.15, 0.2) is 34.9 Å². The minimum absolute atomic E-state index is 0.207. The molecule has 18 heavy (non-hydrogen) atoms. The van der Waals surface area contributed by atoms with Crippen molar-refractivity contribution in [2.24, 2.45) is 7.05 Å². The monoisotopic (exact) mass is 311 g/mol. The van der Waals surface area contributed by atoms with Gasteiger partial charge in [-0.25, -0.2) is 4.39 Å². The van der Waals surface area contributed by atoms with Crippen molar-refractivity contribution in [2.45, 2.75) is 13.0 Å². The van der Waals surface area contributed by atoms with E-state index in [0.29, 0.717) is 6.54 Å². The Morgan fingerprint density at radius 1 is 1.39 bits per heavy atom. The predicted octanol–water partition coefficient (Wildman–Crippen LogP) is 2.65. The van der Waals surface area contributed by atoms with Crippen LogP contribution in [0.25, 0.3) is 0 Å². The van der Waals surface area contributed by atoms with Gasteiger partial charge in [0.25, 0.3) is 0 Å². The molecule has 1 aromatic heterocycles. The second-order valence-corrected chi connectivity index (χ2v) is 4.96. The molecule has 1 heterocycles. The molecule has 1 aromatic carbocycles. The molecule has 0 amide bonds. The van der Waals surface area contributed by atoms with Crippen LogP contribution in [0.3, 0.4) is 0 Å². The van der Waals surface area contributed by atoms with Gasteiger partial charge < -0.3 is 5.32 Å². The van der Waals surface area contributed by atoms with Crippen LogP contribution in [-0.4, -0.2) is 16.3 Å². The highest BCUT2D eigenvalue weighted by molar-refractivity contribution is 9.10. The first-order valence-corrected chi connectivity index (χ1v) is 6.57. The summed E-state index contributed by atoms with van der Waals surface area (Å²) in [5.74, 6) is -0.207. The first-order chi connectivity index (χ1) is 8.66. The molecule has 0 aliphatic heterocycles. The maximum Gasteiger partial charge on any atom is 0.123 e. The molecule has 0 bridgehead atoms. The maximum absolute atomic E-state index is 13.1. The molecule has 0 aliphatic rings. The van der Waals surface area contributed by atoms with E-state index in [9.17, 15) is 4.39 Å². The first kappa shape index (κ1) is 13.2. The number of halogens is 2. The van der Waals surface area contributed by atoms with Crippen LogP contribution in [0.4, 0.5) is 4.39 Å². The molecule has 1 N–H and O–H groups in total. The van der Waals surface area contributed by atoms with Gasteiger partial charge in [0.2, 0.25) is 0 Å². The highest BCUT2D eigenvalue weighted by atomic mass is 79.9. The summed E-state index contributed by atoms with van der Waals surface area (Å²) in [4.78, 5) is 0. The summed E-state index contributed by atoms with van der Waals surface area (Å²) in [7, 11) is 1.93. The van der Waals surface area contributed by atoms with Crippen molar-refractivity contribution in [1.29, 1.82) is 0 Å². The summed E-state index contributed by atoms with van der Waals surface area (Å²) in [6.45, 7) is 1.48. The van der Waals surface area contributed by atoms with Crippen molar-refractivity contribution in [3.63, 3.8) is 0 Å². The largest absolute Gasteiger partial charge is 0.312 e. The molecular formula is C13H15BrFN3. The number of nitrogens with zero attached hydrogens (tertiary/aromatic N) is 2. The molecule has 0 spiro atoms. The lowest BCUT2D eigenvalue weighted by Gasteiger charge is -2.07. The fourth-order valence-corrected chi connectivity index (χ4v) is 2.15. The third-order valence-electron chi connectivity index (χ3n) is 2.80. The van der Waals surface area contributed by atoms with E-state index in [1.807, 2.05) is 17.8 Å². The third-order valence-corrected chi connectivity index (χ3v) is 3.58. The molecule has 0 fully saturated rings. The van der Waals surface area contributed by atoms with Crippen molar-refractivity contribution in [3.8, 4) is 0 Å². The molecule has 2 aromatic rings. The van der Waals surface area contributed by atoms with Gasteiger partial charge in [0.1, 0.15) is 5.82 Å². The number of rotatable bonds is 5. The first-order valence-electron chi connectivity index (χ1n) is 5.78. The molecule has 96 valence electrons. The van der Waals surface area contributed by atoms with E-state index in [2.05, 4.69) is 26.3 Å². The summed E-state index contributed by atoms with van der Waals surface area (Å²) in [5.41, 5.74) is 2.11. The number of hydrogen-bond donors (Lipinski definition) is 1. The van der Waals surface area contributed by atoms with Gasteiger partial charge in [0.05, 0.1) is 0 Å². The predicted molar refractivity (Wildman–Crippen MR) is 72.7 cm³/mol. The van der Waals surface area contributed by atoms with Crippen LogP contribution in [0.5, 0.6) is 0 Å². The molecule has 5 heteroatoms. The van der Waals surface area contributed by atoms with Crippen LogP contribution >= 0.6 is 15.9 Å². The van der Waals surface area contributed by atoms with Gasteiger partial charge >= 0.3 is 0 Å². The Balaban J connectivity index is 1.82. The van der Waals surface area contributed by atoms with E-state index in [1.165, 1.54) is 11.8 Å². The lowest BCUT2D eigenvalue weighted by Crippen LogP contribution is -2.18. The van der Waals surface area contributed by atoms with Gasteiger partial charge in [-0.2, -0.15) is 5.10 Å². The SMILES string of the molecule is Cn1nccc1CCNCc1cc(F)ccc1Br. The highest BCUT2D eigenvalue weighted by Gasteiger charge is 2.02. The Hall–Kier alpha value is -1.20. The van der Waals surface area contributed by atoms with Crippen molar-refractivity contribution in [2.75, 3.05) is 6.54 Å². The van der Waals surface area contributed by atoms with E-state index in [0.717, 1.165) is 23.0 Å². The van der Waals surface area contributed by atoms with E-state index in [1.54, 1.807) is 18.3 Å². The Labute approximate surface area is 114 Å². The minimum Gasteiger partial charge on any atom is -0.312 e. The van der Waals surface area contributed by atoms with Gasteiger partial charge in [0, 0.05) is 42.9 Å². The van der Waals surface area contributed by atoms with Crippen molar-refractivity contribution in [1.82, 2.24) is 15.1 Å². The Morgan fingerprint density at radius 3 is 2.94 bits per heavy atom. The number of nitrogens with one attached hydrogen (secondary N) is 1. The molecule has 0 unspecified atom stereocenters. The molecule has 3 nitrogen and oxygen atoms in total. The van der Waals surface area contributed by atoms with Gasteiger partial charge in [-0.1, -0.05) is 15.9 Å². The second kappa shape index (κ2) is 6.11. The van der Waals surface area contributed by atoms with E-state index >= 15 is 0 Å². The summed E-state index contributed by atoms with van der Waals surface area (Å²) in [5, 5.41) is 7.41. The number of aryl methyl sites for hydroxylation is 1. The summed E-state index contributed by atoms with van der Waals surface area (Å²) >= 11 is 3.41. The normalized spacial score (nSPS) is 10.8. The average Bonchev–Trinajstić information content (AvgIpc) is 2.75. The molecule has 0 aliphatic carbocycles. The number of benzene rings is 1. The topological polar surface area (TPSA) is 29.9 Å². The van der Waals surface area contributed by atoms with Crippen LogP contribution in [0.2, 0.25) is 0 Å². The zero-order valence-corrected chi connectivity index (χ0v) is 11.7. The van der Waals surface area contributed by atoms with Gasteiger partial charge in [-0.3, -0.25) is 4.68 Å². The van der Waals surface area contributed by atoms with Crippen LogP contribution in [0, 0.1) is 5.82 Å². The Morgan fingerprint density at radius 2 is 2.22 bits per heavy atom. The fraction of sp³-hybridized carbons (Fsp3) is 0.308. The van der Waals surface area contributed by atoms with Gasteiger partial charge in [-0.15, -0.1) is 0 Å². The molecule has 0 radical (unpaired) electrons. The highest BCUT2D eigenvalue weighted by Crippen LogP contribution is 2.17. The van der Waals surface area contributed by atoms with E-state index in [-0.39, 0.29) is 5.82 Å². The van der Waals surface area contributed by atoms with Crippen LogP contribution < -0.4 is 5.32 Å². The van der Waals surface area contributed by atoms with Gasteiger partial charge in [0.15, 0.2) is 0 Å². The quantitative estimate of drug-likeness (QED) is 0.860. The third kappa shape index (κ3) is 3.40. The molecule has 0 saturated carbocycles. The lowest BCUT2D eigenvalue weighted by atomic mass is 10.2. The van der Waals surface area contributed by atoms with E-state index < -0.39 is 0 Å². The smallest absolute Gasteiger partial charge is 0.123 e. The molecular weight excluding hydrogens is 297 g/mol. The van der Waals surface area contributed by atoms with Crippen molar-refractivity contribution < 1.29 is 4.39 Å². The summed E-state index contributed by atoms with van der Waals surface area (Å²) in [6, 6.07) is 6.72. The lowest BCUT2D eigenvalue weighted by molar-refractivity contribution is 0.615. The van der Waals surface area contributed by atoms with Crippen molar-refractivity contribution in [3.05, 3.63) is 52.0 Å². The Kier molecular flexibility index (Phi) is 4.49. The molecule has 0 atom stereocenters. The van der Waals surface area contributed by atoms with Gasteiger partial charge in [-0.05, 0) is 29.8 Å². The fourth-order valence-electron chi connectivity index (χ4n) is 1.76. The second-order valence-electron chi connectivity index (χ2n) is 4.11.